The lowest BCUT2D eigenvalue weighted by atomic mass is 9.85. The minimum Gasteiger partial charge on any atom is -0.454 e. The summed E-state index contributed by atoms with van der Waals surface area (Å²) in [6.07, 6.45) is 1.08. The van der Waals surface area contributed by atoms with Gasteiger partial charge in [0.15, 0.2) is 11.5 Å². The molecule has 0 aliphatic carbocycles. The van der Waals surface area contributed by atoms with Gasteiger partial charge in [-0.1, -0.05) is 0 Å². The quantitative estimate of drug-likeness (QED) is 0.706. The van der Waals surface area contributed by atoms with Gasteiger partial charge in [-0.2, -0.15) is 0 Å². The zero-order chi connectivity index (χ0) is 10.5. The van der Waals surface area contributed by atoms with Crippen LogP contribution in [0.1, 0.15) is 24.5 Å². The van der Waals surface area contributed by atoms with Gasteiger partial charge in [0.1, 0.15) is 0 Å². The first-order chi connectivity index (χ1) is 7.19. The van der Waals surface area contributed by atoms with E-state index in [0.717, 1.165) is 24.5 Å². The maximum absolute atomic E-state index is 5.65. The van der Waals surface area contributed by atoms with E-state index in [2.05, 4.69) is 19.9 Å². The van der Waals surface area contributed by atoms with Gasteiger partial charge in [0.05, 0.1) is 12.2 Å². The third-order valence-corrected chi connectivity index (χ3v) is 3.29. The first-order valence-corrected chi connectivity index (χ1v) is 5.24. The van der Waals surface area contributed by atoms with Gasteiger partial charge in [0, 0.05) is 6.42 Å². The molecule has 3 heteroatoms. The van der Waals surface area contributed by atoms with Gasteiger partial charge in [-0.15, -0.1) is 0 Å². The predicted octanol–water partition coefficient (Wildman–Crippen LogP) is 2.36. The van der Waals surface area contributed by atoms with Gasteiger partial charge < -0.3 is 14.2 Å². The zero-order valence-corrected chi connectivity index (χ0v) is 9.00. The van der Waals surface area contributed by atoms with E-state index in [1.807, 2.05) is 6.07 Å². The highest BCUT2D eigenvalue weighted by atomic mass is 16.7. The Labute approximate surface area is 89.0 Å². The summed E-state index contributed by atoms with van der Waals surface area (Å²) in [6.45, 7) is 5.39. The first kappa shape index (κ1) is 9.04. The van der Waals surface area contributed by atoms with E-state index in [9.17, 15) is 0 Å². The van der Waals surface area contributed by atoms with Crippen molar-refractivity contribution in [3.63, 3.8) is 0 Å². The monoisotopic (exact) mass is 206 g/mol. The molecule has 1 aromatic carbocycles. The fraction of sp³-hybridized carbons (Fsp3) is 0.500. The smallest absolute Gasteiger partial charge is 0.231 e. The molecule has 1 fully saturated rings. The third kappa shape index (κ3) is 1.23. The Hall–Kier alpha value is -1.22. The molecule has 15 heavy (non-hydrogen) atoms. The van der Waals surface area contributed by atoms with Crippen LogP contribution in [-0.2, 0) is 10.3 Å². The van der Waals surface area contributed by atoms with Crippen LogP contribution < -0.4 is 9.47 Å². The maximum atomic E-state index is 5.65. The summed E-state index contributed by atoms with van der Waals surface area (Å²) in [5.41, 5.74) is 2.31. The molecular formula is C12H14O3. The van der Waals surface area contributed by atoms with Gasteiger partial charge in [-0.05, 0) is 37.1 Å². The largest absolute Gasteiger partial charge is 0.454 e. The molecule has 0 bridgehead atoms. The average molecular weight is 206 g/mol. The standard InChI is InChI=1S/C12H14O3/c1-8-5-10-11(14-7-13-10)6-9(8)12(2)3-4-15-12/h5-6H,3-4,7H2,1-2H3. The Morgan fingerprint density at radius 1 is 1.20 bits per heavy atom. The number of hydrogen-bond donors (Lipinski definition) is 0. The van der Waals surface area contributed by atoms with Crippen LogP contribution in [0.25, 0.3) is 0 Å². The molecule has 3 nitrogen and oxygen atoms in total. The summed E-state index contributed by atoms with van der Waals surface area (Å²) in [5, 5.41) is 0. The highest BCUT2D eigenvalue weighted by Gasteiger charge is 2.37. The minimum absolute atomic E-state index is 0.120. The lowest BCUT2D eigenvalue weighted by Gasteiger charge is -2.40. The van der Waals surface area contributed by atoms with E-state index in [1.54, 1.807) is 0 Å². The van der Waals surface area contributed by atoms with Crippen molar-refractivity contribution in [1.82, 2.24) is 0 Å². The van der Waals surface area contributed by atoms with Crippen LogP contribution in [0.15, 0.2) is 12.1 Å². The molecule has 0 saturated carbocycles. The highest BCUT2D eigenvalue weighted by molar-refractivity contribution is 5.50. The second-order valence-corrected chi connectivity index (χ2v) is 4.35. The molecule has 1 unspecified atom stereocenters. The third-order valence-electron chi connectivity index (χ3n) is 3.29. The van der Waals surface area contributed by atoms with Crippen molar-refractivity contribution in [1.29, 1.82) is 0 Å². The highest BCUT2D eigenvalue weighted by Crippen LogP contribution is 2.43. The number of hydrogen-bond acceptors (Lipinski definition) is 3. The van der Waals surface area contributed by atoms with E-state index >= 15 is 0 Å². The second-order valence-electron chi connectivity index (χ2n) is 4.35. The average Bonchev–Trinajstić information content (AvgIpc) is 2.60. The fourth-order valence-electron chi connectivity index (χ4n) is 2.23. The molecule has 2 aliphatic heterocycles. The Morgan fingerprint density at radius 2 is 1.87 bits per heavy atom. The molecule has 1 aromatic rings. The van der Waals surface area contributed by atoms with Crippen molar-refractivity contribution >= 4 is 0 Å². The normalized spacial score (nSPS) is 27.6. The molecule has 0 spiro atoms. The number of fused-ring (bicyclic) bond motifs is 1. The Bertz CT molecular complexity index is 408. The molecule has 2 heterocycles. The van der Waals surface area contributed by atoms with Crippen LogP contribution in [0.4, 0.5) is 0 Å². The van der Waals surface area contributed by atoms with E-state index in [-0.39, 0.29) is 5.60 Å². The summed E-state index contributed by atoms with van der Waals surface area (Å²) < 4.78 is 16.4. The van der Waals surface area contributed by atoms with E-state index < -0.39 is 0 Å². The summed E-state index contributed by atoms with van der Waals surface area (Å²) in [4.78, 5) is 0. The Kier molecular flexibility index (Phi) is 1.74. The van der Waals surface area contributed by atoms with Gasteiger partial charge in [-0.3, -0.25) is 0 Å². The van der Waals surface area contributed by atoms with Crippen LogP contribution in [0.2, 0.25) is 0 Å². The molecule has 0 amide bonds. The van der Waals surface area contributed by atoms with Gasteiger partial charge in [-0.25, -0.2) is 0 Å². The Morgan fingerprint density at radius 3 is 2.47 bits per heavy atom. The van der Waals surface area contributed by atoms with Crippen molar-refractivity contribution in [2.75, 3.05) is 13.4 Å². The van der Waals surface area contributed by atoms with Crippen molar-refractivity contribution < 1.29 is 14.2 Å². The van der Waals surface area contributed by atoms with E-state index in [1.165, 1.54) is 11.1 Å². The topological polar surface area (TPSA) is 27.7 Å². The van der Waals surface area contributed by atoms with Gasteiger partial charge in [0.2, 0.25) is 6.79 Å². The molecular weight excluding hydrogens is 192 g/mol. The Balaban J connectivity index is 2.08. The molecule has 3 rings (SSSR count). The fourth-order valence-corrected chi connectivity index (χ4v) is 2.23. The molecule has 80 valence electrons. The number of ether oxygens (including phenoxy) is 3. The summed E-state index contributed by atoms with van der Waals surface area (Å²) >= 11 is 0. The lowest BCUT2D eigenvalue weighted by molar-refractivity contribution is -0.141. The van der Waals surface area contributed by atoms with Gasteiger partial charge in [0.25, 0.3) is 0 Å². The maximum Gasteiger partial charge on any atom is 0.231 e. The molecule has 1 saturated heterocycles. The van der Waals surface area contributed by atoms with Crippen molar-refractivity contribution in [2.45, 2.75) is 25.9 Å². The summed E-state index contributed by atoms with van der Waals surface area (Å²) in [6, 6.07) is 4.08. The summed E-state index contributed by atoms with van der Waals surface area (Å²) in [7, 11) is 0. The second kappa shape index (κ2) is 2.89. The predicted molar refractivity (Wildman–Crippen MR) is 55.2 cm³/mol. The molecule has 0 aromatic heterocycles. The van der Waals surface area contributed by atoms with Crippen LogP contribution in [0.3, 0.4) is 0 Å². The number of rotatable bonds is 1. The van der Waals surface area contributed by atoms with E-state index in [0.29, 0.717) is 6.79 Å². The van der Waals surface area contributed by atoms with Crippen molar-refractivity contribution in [3.8, 4) is 11.5 Å². The van der Waals surface area contributed by atoms with Gasteiger partial charge >= 0.3 is 0 Å². The molecule has 0 N–H and O–H groups in total. The van der Waals surface area contributed by atoms with Crippen LogP contribution >= 0.6 is 0 Å². The van der Waals surface area contributed by atoms with Crippen LogP contribution in [-0.4, -0.2) is 13.4 Å². The summed E-state index contributed by atoms with van der Waals surface area (Å²) in [5.74, 6) is 1.69. The number of benzene rings is 1. The molecule has 1 atom stereocenters. The van der Waals surface area contributed by atoms with Crippen LogP contribution in [0.5, 0.6) is 11.5 Å². The zero-order valence-electron chi connectivity index (χ0n) is 9.00. The molecule has 2 aliphatic rings. The minimum atomic E-state index is -0.120. The number of aryl methyl sites for hydroxylation is 1. The van der Waals surface area contributed by atoms with Crippen LogP contribution in [0, 0.1) is 6.92 Å². The molecule has 0 radical (unpaired) electrons. The van der Waals surface area contributed by atoms with E-state index in [4.69, 9.17) is 14.2 Å². The SMILES string of the molecule is Cc1cc2c(cc1C1(C)CCO1)OCO2. The van der Waals surface area contributed by atoms with Crippen molar-refractivity contribution in [3.05, 3.63) is 23.3 Å². The first-order valence-electron chi connectivity index (χ1n) is 5.24. The van der Waals surface area contributed by atoms with Crippen molar-refractivity contribution in [2.24, 2.45) is 0 Å². The lowest BCUT2D eigenvalue weighted by Crippen LogP contribution is -2.38.